The number of aromatic nitrogens is 2. The minimum absolute atomic E-state index is 0.409. The lowest BCUT2D eigenvalue weighted by Gasteiger charge is -2.16. The van der Waals surface area contributed by atoms with Crippen LogP contribution in [0.3, 0.4) is 0 Å². The van der Waals surface area contributed by atoms with Gasteiger partial charge in [-0.2, -0.15) is 22.0 Å². The molecule has 0 saturated heterocycles. The van der Waals surface area contributed by atoms with Crippen molar-refractivity contribution in [1.82, 2.24) is 10.2 Å². The van der Waals surface area contributed by atoms with E-state index >= 15 is 0 Å². The summed E-state index contributed by atoms with van der Waals surface area (Å²) >= 11 is 0.979. The Kier molecular flexibility index (Phi) is 4.79. The van der Waals surface area contributed by atoms with E-state index in [0.717, 1.165) is 11.8 Å². The van der Waals surface area contributed by atoms with Crippen molar-refractivity contribution in [2.45, 2.75) is 50.8 Å². The molecule has 0 bridgehead atoms. The summed E-state index contributed by atoms with van der Waals surface area (Å²) in [5.74, 6) is -0.772. The third-order valence-electron chi connectivity index (χ3n) is 2.94. The van der Waals surface area contributed by atoms with Gasteiger partial charge in [-0.25, -0.2) is 0 Å². The van der Waals surface area contributed by atoms with E-state index in [1.807, 2.05) is 0 Å². The zero-order valence-corrected chi connectivity index (χ0v) is 13.2. The van der Waals surface area contributed by atoms with Crippen LogP contribution >= 0.6 is 11.8 Å². The van der Waals surface area contributed by atoms with E-state index in [9.17, 15) is 22.0 Å². The Morgan fingerprint density at radius 3 is 2.48 bits per heavy atom. The quantitative estimate of drug-likeness (QED) is 0.813. The summed E-state index contributed by atoms with van der Waals surface area (Å²) < 4.78 is 67.9. The maximum absolute atomic E-state index is 13.0. The fourth-order valence-electron chi connectivity index (χ4n) is 2.03. The van der Waals surface area contributed by atoms with Gasteiger partial charge in [0.1, 0.15) is 16.3 Å². The number of H-pyrrole nitrogens is 1. The highest BCUT2D eigenvalue weighted by Gasteiger charge is 2.41. The molecule has 1 aliphatic heterocycles. The van der Waals surface area contributed by atoms with Gasteiger partial charge < -0.3 is 9.57 Å². The van der Waals surface area contributed by atoms with E-state index in [-0.39, 0.29) is 0 Å². The largest absolute Gasteiger partial charge is 0.433 e. The molecule has 1 N–H and O–H groups in total. The van der Waals surface area contributed by atoms with Crippen LogP contribution in [0.5, 0.6) is 5.88 Å². The Bertz CT molecular complexity index is 600. The predicted molar refractivity (Wildman–Crippen MR) is 73.4 cm³/mol. The van der Waals surface area contributed by atoms with Crippen molar-refractivity contribution < 1.29 is 31.5 Å². The first kappa shape index (κ1) is 17.8. The van der Waals surface area contributed by atoms with Crippen LogP contribution in [0.15, 0.2) is 5.16 Å². The first-order valence-electron chi connectivity index (χ1n) is 6.51. The summed E-state index contributed by atoms with van der Waals surface area (Å²) in [6.45, 7) is 1.70. The molecule has 0 saturated carbocycles. The van der Waals surface area contributed by atoms with Gasteiger partial charge in [-0.15, -0.1) is 5.10 Å². The van der Waals surface area contributed by atoms with Crippen molar-refractivity contribution >= 4 is 16.8 Å². The highest BCUT2D eigenvalue weighted by atomic mass is 32.2. The number of nitrogens with zero attached hydrogens (tertiary/aromatic N) is 2. The summed E-state index contributed by atoms with van der Waals surface area (Å²) in [6, 6.07) is 0. The average molecular weight is 359 g/mol. The molecule has 1 aliphatic rings. The van der Waals surface area contributed by atoms with Gasteiger partial charge >= 0.3 is 12.8 Å². The van der Waals surface area contributed by atoms with Gasteiger partial charge in [0.15, 0.2) is 0 Å². The summed E-state index contributed by atoms with van der Waals surface area (Å²) in [6.07, 6.45) is -4.36. The Morgan fingerprint density at radius 2 is 2.00 bits per heavy atom. The number of oxime groups is 1. The summed E-state index contributed by atoms with van der Waals surface area (Å²) in [5, 5.41) is 8.35. The molecule has 5 nitrogen and oxygen atoms in total. The number of hydrogen-bond acceptors (Lipinski definition) is 5. The van der Waals surface area contributed by atoms with E-state index in [0.29, 0.717) is 11.5 Å². The molecular formula is C12H14F5N3O2S. The molecule has 0 aromatic carbocycles. The second-order valence-corrected chi connectivity index (χ2v) is 6.88. The number of aromatic amines is 1. The number of thioether (sulfide) groups is 1. The first-order chi connectivity index (χ1) is 10.5. The molecule has 11 heteroatoms. The summed E-state index contributed by atoms with van der Waals surface area (Å²) in [7, 11) is 0. The van der Waals surface area contributed by atoms with Gasteiger partial charge in [-0.1, -0.05) is 16.9 Å². The Morgan fingerprint density at radius 1 is 1.35 bits per heavy atom. The van der Waals surface area contributed by atoms with Crippen LogP contribution in [-0.4, -0.2) is 27.5 Å². The van der Waals surface area contributed by atoms with Crippen LogP contribution in [0.4, 0.5) is 22.0 Å². The van der Waals surface area contributed by atoms with E-state index in [4.69, 9.17) is 4.84 Å². The van der Waals surface area contributed by atoms with Crippen molar-refractivity contribution in [2.24, 2.45) is 5.16 Å². The van der Waals surface area contributed by atoms with Gasteiger partial charge in [-0.3, -0.25) is 5.10 Å². The van der Waals surface area contributed by atoms with Crippen LogP contribution < -0.4 is 4.74 Å². The SMILES string of the molecule is CC(SC1=NOC(C)(C)C1)c1c(OC(F)F)n[nH]c1C(F)(F)F. The maximum Gasteiger partial charge on any atom is 0.433 e. The first-order valence-corrected chi connectivity index (χ1v) is 7.39. The third kappa shape index (κ3) is 4.27. The van der Waals surface area contributed by atoms with Crippen molar-refractivity contribution in [3.63, 3.8) is 0 Å². The fraction of sp³-hybridized carbons (Fsp3) is 0.667. The van der Waals surface area contributed by atoms with E-state index in [1.54, 1.807) is 18.9 Å². The number of hydrogen-bond donors (Lipinski definition) is 1. The van der Waals surface area contributed by atoms with E-state index < -0.39 is 40.8 Å². The fourth-order valence-corrected chi connectivity index (χ4v) is 3.29. The van der Waals surface area contributed by atoms with Crippen LogP contribution in [0, 0.1) is 0 Å². The minimum atomic E-state index is -4.77. The third-order valence-corrected chi connectivity index (χ3v) is 4.02. The monoisotopic (exact) mass is 359 g/mol. The second-order valence-electron chi connectivity index (χ2n) is 5.47. The van der Waals surface area contributed by atoms with Gasteiger partial charge in [-0.05, 0) is 20.8 Å². The van der Waals surface area contributed by atoms with E-state index in [1.165, 1.54) is 6.92 Å². The second kappa shape index (κ2) is 6.17. The number of alkyl halides is 5. The maximum atomic E-state index is 13.0. The molecule has 1 aromatic heterocycles. The number of rotatable bonds is 4. The standard InChI is InChI=1S/C12H14F5N3O2S/c1-5(23-6-4-11(2,3)22-20-6)7-8(12(15,16)17)18-19-9(7)21-10(13)14/h5,10H,4H2,1-3H3,(H,18,19). The summed E-state index contributed by atoms with van der Waals surface area (Å²) in [4.78, 5) is 5.13. The zero-order valence-electron chi connectivity index (χ0n) is 12.4. The van der Waals surface area contributed by atoms with Crippen molar-refractivity contribution in [1.29, 1.82) is 0 Å². The van der Waals surface area contributed by atoms with Gasteiger partial charge in [0.05, 0.1) is 5.56 Å². The number of halogens is 5. The molecule has 0 amide bonds. The lowest BCUT2D eigenvalue weighted by Crippen LogP contribution is -2.18. The van der Waals surface area contributed by atoms with Crippen molar-refractivity contribution in [3.8, 4) is 5.88 Å². The molecule has 23 heavy (non-hydrogen) atoms. The molecule has 1 atom stereocenters. The van der Waals surface area contributed by atoms with Crippen LogP contribution in [0.1, 0.15) is 43.7 Å². The van der Waals surface area contributed by atoms with Crippen LogP contribution in [0.25, 0.3) is 0 Å². The molecule has 0 fully saturated rings. The highest BCUT2D eigenvalue weighted by molar-refractivity contribution is 8.14. The molecule has 0 spiro atoms. The summed E-state index contributed by atoms with van der Waals surface area (Å²) in [5.41, 5.74) is -2.24. The molecular weight excluding hydrogens is 345 g/mol. The van der Waals surface area contributed by atoms with Gasteiger partial charge in [0.25, 0.3) is 0 Å². The smallest absolute Gasteiger partial charge is 0.415 e. The van der Waals surface area contributed by atoms with Crippen LogP contribution in [-0.2, 0) is 11.0 Å². The molecule has 2 rings (SSSR count). The van der Waals surface area contributed by atoms with Crippen LogP contribution in [0.2, 0.25) is 0 Å². The number of ether oxygens (including phenoxy) is 1. The predicted octanol–water partition coefficient (Wildman–Crippen LogP) is 4.34. The van der Waals surface area contributed by atoms with Crippen molar-refractivity contribution in [2.75, 3.05) is 0 Å². The number of nitrogens with one attached hydrogen (secondary N) is 1. The Balaban J connectivity index is 2.27. The Labute approximate surface area is 132 Å². The topological polar surface area (TPSA) is 59.5 Å². The molecule has 0 radical (unpaired) electrons. The van der Waals surface area contributed by atoms with Gasteiger partial charge in [0.2, 0.25) is 5.88 Å². The molecule has 2 heterocycles. The molecule has 0 aliphatic carbocycles. The van der Waals surface area contributed by atoms with E-state index in [2.05, 4.69) is 15.0 Å². The van der Waals surface area contributed by atoms with Gasteiger partial charge in [0, 0.05) is 11.7 Å². The normalized spacial score (nSPS) is 18.7. The molecule has 130 valence electrons. The lowest BCUT2D eigenvalue weighted by atomic mass is 10.1. The highest BCUT2D eigenvalue weighted by Crippen LogP contribution is 2.44. The van der Waals surface area contributed by atoms with Crippen molar-refractivity contribution in [3.05, 3.63) is 11.3 Å². The molecule has 1 unspecified atom stereocenters. The lowest BCUT2D eigenvalue weighted by molar-refractivity contribution is -0.141. The minimum Gasteiger partial charge on any atom is -0.415 e. The molecule has 1 aromatic rings. The zero-order chi connectivity index (χ0) is 17.4. The average Bonchev–Trinajstić information content (AvgIpc) is 2.91. The Hall–Kier alpha value is -1.52.